The van der Waals surface area contributed by atoms with Crippen LogP contribution in [0.5, 0.6) is 17.2 Å². The maximum Gasteiger partial charge on any atom is 0.229 e. The molecule has 0 radical (unpaired) electrons. The number of hydrogen-bond donors (Lipinski definition) is 6. The molecular formula is C28H32O14. The molecule has 14 nitrogen and oxygen atoms in total. The molecule has 0 bridgehead atoms. The fourth-order valence-corrected chi connectivity index (χ4v) is 4.84. The van der Waals surface area contributed by atoms with Gasteiger partial charge in [-0.05, 0) is 23.8 Å². The van der Waals surface area contributed by atoms with E-state index in [-0.39, 0.29) is 27.9 Å². The highest BCUT2D eigenvalue weighted by molar-refractivity contribution is 5.84. The molecular weight excluding hydrogens is 560 g/mol. The van der Waals surface area contributed by atoms with Crippen molar-refractivity contribution in [1.82, 2.24) is 0 Å². The number of fused-ring (bicyclic) bond motifs is 1. The first-order valence-electron chi connectivity index (χ1n) is 13.0. The first-order chi connectivity index (χ1) is 20.1. The topological polar surface area (TPSA) is 207 Å². The summed E-state index contributed by atoms with van der Waals surface area (Å²) < 4.78 is 39.0. The Labute approximate surface area is 238 Å². The highest BCUT2D eigenvalue weighted by atomic mass is 16.8. The van der Waals surface area contributed by atoms with Gasteiger partial charge in [0.05, 0.1) is 45.0 Å². The lowest BCUT2D eigenvalue weighted by Crippen LogP contribution is -2.62. The molecule has 2 aromatic carbocycles. The van der Waals surface area contributed by atoms with Gasteiger partial charge in [-0.1, -0.05) is 12.1 Å². The van der Waals surface area contributed by atoms with E-state index in [9.17, 15) is 35.4 Å². The smallest absolute Gasteiger partial charge is 0.229 e. The summed E-state index contributed by atoms with van der Waals surface area (Å²) in [5.41, 5.74) is -1.33. The minimum atomic E-state index is -2.02. The van der Waals surface area contributed by atoms with Crippen molar-refractivity contribution < 1.29 is 63.5 Å². The van der Waals surface area contributed by atoms with E-state index in [0.29, 0.717) is 16.9 Å². The average Bonchev–Trinajstić information content (AvgIpc) is 3.29. The number of benzene rings is 2. The molecule has 2 aliphatic rings. The Morgan fingerprint density at radius 2 is 1.71 bits per heavy atom. The van der Waals surface area contributed by atoms with Crippen LogP contribution in [-0.2, 0) is 14.2 Å². The van der Waals surface area contributed by atoms with E-state index in [1.165, 1.54) is 32.6 Å². The summed E-state index contributed by atoms with van der Waals surface area (Å²) in [7, 11) is 2.87. The normalized spacial score (nSPS) is 31.3. The molecule has 0 aliphatic carbocycles. The lowest BCUT2D eigenvalue weighted by Gasteiger charge is -2.42. The Kier molecular flexibility index (Phi) is 8.71. The molecule has 14 heteroatoms. The van der Waals surface area contributed by atoms with E-state index in [2.05, 4.69) is 0 Å². The van der Waals surface area contributed by atoms with Crippen LogP contribution in [0.3, 0.4) is 0 Å². The van der Waals surface area contributed by atoms with E-state index in [4.69, 9.17) is 32.8 Å². The molecule has 0 spiro atoms. The second-order valence-corrected chi connectivity index (χ2v) is 10.0. The van der Waals surface area contributed by atoms with Crippen molar-refractivity contribution in [2.75, 3.05) is 34.0 Å². The molecule has 3 heterocycles. The summed E-state index contributed by atoms with van der Waals surface area (Å²) >= 11 is 0. The Hall–Kier alpha value is -3.31. The summed E-state index contributed by atoms with van der Waals surface area (Å²) in [6, 6.07) is 9.63. The quantitative estimate of drug-likeness (QED) is 0.178. The number of rotatable bonds is 9. The molecule has 0 unspecified atom stereocenters. The second kappa shape index (κ2) is 12.1. The molecule has 228 valence electrons. The maximum atomic E-state index is 13.4. The van der Waals surface area contributed by atoms with Crippen molar-refractivity contribution >= 4 is 11.0 Å². The van der Waals surface area contributed by atoms with E-state index in [1.807, 2.05) is 0 Å². The van der Waals surface area contributed by atoms with Crippen LogP contribution in [0, 0.1) is 0 Å². The van der Waals surface area contributed by atoms with Gasteiger partial charge in [-0.25, -0.2) is 0 Å². The van der Waals surface area contributed by atoms with Gasteiger partial charge < -0.3 is 63.5 Å². The van der Waals surface area contributed by atoms with Crippen molar-refractivity contribution in [3.63, 3.8) is 0 Å². The lowest BCUT2D eigenvalue weighted by atomic mass is 9.98. The van der Waals surface area contributed by atoms with E-state index < -0.39 is 68.5 Å². The zero-order valence-electron chi connectivity index (χ0n) is 22.7. The van der Waals surface area contributed by atoms with Crippen molar-refractivity contribution in [2.24, 2.45) is 0 Å². The van der Waals surface area contributed by atoms with Gasteiger partial charge in [0.2, 0.25) is 11.7 Å². The Balaban J connectivity index is 1.47. The highest BCUT2D eigenvalue weighted by Gasteiger charge is 2.53. The van der Waals surface area contributed by atoms with Crippen LogP contribution < -0.4 is 19.6 Å². The number of methoxy groups -OCH3 is 2. The molecule has 3 aromatic rings. The molecule has 8 atom stereocenters. The van der Waals surface area contributed by atoms with Gasteiger partial charge in [0.25, 0.3) is 0 Å². The van der Waals surface area contributed by atoms with Crippen molar-refractivity contribution in [3.8, 4) is 28.4 Å². The Morgan fingerprint density at radius 3 is 2.33 bits per heavy atom. The molecule has 42 heavy (non-hydrogen) atoms. The van der Waals surface area contributed by atoms with E-state index in [0.717, 1.165) is 0 Å². The fraction of sp³-hybridized carbons (Fsp3) is 0.464. The van der Waals surface area contributed by atoms with E-state index >= 15 is 0 Å². The number of aliphatic hydroxyl groups excluding tert-OH is 5. The molecule has 0 amide bonds. The molecule has 6 N–H and O–H groups in total. The first-order valence-corrected chi connectivity index (χ1v) is 13.0. The predicted molar refractivity (Wildman–Crippen MR) is 142 cm³/mol. The van der Waals surface area contributed by atoms with Crippen molar-refractivity contribution in [1.29, 1.82) is 0 Å². The molecule has 5 rings (SSSR count). The summed E-state index contributed by atoms with van der Waals surface area (Å²) in [5, 5.41) is 61.3. The molecule has 2 saturated heterocycles. The van der Waals surface area contributed by atoms with Gasteiger partial charge in [0.1, 0.15) is 47.6 Å². The summed E-state index contributed by atoms with van der Waals surface area (Å²) in [4.78, 5) is 13.4. The minimum Gasteiger partial charge on any atom is -0.497 e. The monoisotopic (exact) mass is 592 g/mol. The minimum absolute atomic E-state index is 0.0102. The average molecular weight is 593 g/mol. The standard InChI is InChI=1S/C28H32O14/c1-36-14-5-3-13(4-6-14)16-10-38-17-8-19(18(37-2)7-15(17)21(16)31)40-26-24(23(33)22(32)20(9-29)41-26)42-27-25(34)28(35,11-30)12-39-27/h3-8,10,20,22-27,29-30,32-35H,9,11-12H2,1-2H3/t20-,22-,23-,24-,25+,26+,27-,28-/m0/s1. The van der Waals surface area contributed by atoms with Crippen LogP contribution in [0.15, 0.2) is 51.9 Å². The SMILES string of the molecule is COc1ccc(-c2coc3cc(O[C@@H]4O[C@@H](CO)[C@H](O)[C@H](O)[C@@H]4O[C@@H]4OC[C@@](O)(CO)[C@@H]4O)c(OC)cc3c2=O)cc1. The summed E-state index contributed by atoms with van der Waals surface area (Å²) in [6.45, 7) is -1.98. The third kappa shape index (κ3) is 5.44. The van der Waals surface area contributed by atoms with Crippen LogP contribution >= 0.6 is 0 Å². The Bertz CT molecular complexity index is 1440. The van der Waals surface area contributed by atoms with E-state index in [1.54, 1.807) is 24.3 Å². The Morgan fingerprint density at radius 1 is 0.976 bits per heavy atom. The number of hydrogen-bond acceptors (Lipinski definition) is 14. The lowest BCUT2D eigenvalue weighted by molar-refractivity contribution is -0.319. The zero-order chi connectivity index (χ0) is 30.2. The van der Waals surface area contributed by atoms with Gasteiger partial charge in [-0.3, -0.25) is 4.79 Å². The van der Waals surface area contributed by atoms with Gasteiger partial charge in [-0.15, -0.1) is 0 Å². The first kappa shape index (κ1) is 30.2. The largest absolute Gasteiger partial charge is 0.497 e. The molecule has 2 fully saturated rings. The van der Waals surface area contributed by atoms with Gasteiger partial charge in [-0.2, -0.15) is 0 Å². The van der Waals surface area contributed by atoms with Crippen LogP contribution in [0.25, 0.3) is 22.1 Å². The predicted octanol–water partition coefficient (Wildman–Crippen LogP) is -0.879. The molecule has 1 aromatic heterocycles. The third-order valence-electron chi connectivity index (χ3n) is 7.40. The van der Waals surface area contributed by atoms with Gasteiger partial charge in [0.15, 0.2) is 23.9 Å². The van der Waals surface area contributed by atoms with Crippen LogP contribution in [0.2, 0.25) is 0 Å². The van der Waals surface area contributed by atoms with Crippen LogP contribution in [0.1, 0.15) is 0 Å². The summed E-state index contributed by atoms with van der Waals surface area (Å²) in [6.07, 6.45) is -9.64. The highest BCUT2D eigenvalue weighted by Crippen LogP contribution is 2.37. The number of aliphatic hydroxyl groups is 6. The van der Waals surface area contributed by atoms with Crippen LogP contribution in [-0.4, -0.2) is 113 Å². The second-order valence-electron chi connectivity index (χ2n) is 10.0. The maximum absolute atomic E-state index is 13.4. The summed E-state index contributed by atoms with van der Waals surface area (Å²) in [5.74, 6) is 0.694. The van der Waals surface area contributed by atoms with Crippen LogP contribution in [0.4, 0.5) is 0 Å². The third-order valence-corrected chi connectivity index (χ3v) is 7.40. The van der Waals surface area contributed by atoms with Gasteiger partial charge in [0, 0.05) is 6.07 Å². The fourth-order valence-electron chi connectivity index (χ4n) is 4.84. The number of ether oxygens (including phenoxy) is 6. The molecule has 2 aliphatic heterocycles. The van der Waals surface area contributed by atoms with Crippen molar-refractivity contribution in [3.05, 3.63) is 52.9 Å². The zero-order valence-corrected chi connectivity index (χ0v) is 22.7. The van der Waals surface area contributed by atoms with Crippen molar-refractivity contribution in [2.45, 2.75) is 48.7 Å². The van der Waals surface area contributed by atoms with Gasteiger partial charge >= 0.3 is 0 Å². The molecule has 0 saturated carbocycles.